The topological polar surface area (TPSA) is 69.8 Å². The van der Waals surface area contributed by atoms with Gasteiger partial charge in [0.1, 0.15) is 0 Å². The number of halogens is 2. The summed E-state index contributed by atoms with van der Waals surface area (Å²) in [7, 11) is 0. The Morgan fingerprint density at radius 1 is 1.40 bits per heavy atom. The van der Waals surface area contributed by atoms with Gasteiger partial charge in [-0.1, -0.05) is 29.3 Å². The van der Waals surface area contributed by atoms with Gasteiger partial charge < -0.3 is 10.3 Å². The summed E-state index contributed by atoms with van der Waals surface area (Å²) in [6.07, 6.45) is 2.18. The Kier molecular flexibility index (Phi) is 3.65. The van der Waals surface area contributed by atoms with Crippen molar-refractivity contribution in [1.82, 2.24) is 15.3 Å². The number of amides is 1. The zero-order chi connectivity index (χ0) is 14.1. The van der Waals surface area contributed by atoms with Crippen molar-refractivity contribution < 1.29 is 4.79 Å². The summed E-state index contributed by atoms with van der Waals surface area (Å²) in [5, 5.41) is 6.70. The molecule has 1 amide bonds. The number of nitrogens with zero attached hydrogens (tertiary/aromatic N) is 1. The highest BCUT2D eigenvalue weighted by molar-refractivity contribution is 6.44. The largest absolute Gasteiger partial charge is 0.347 e. The second kappa shape index (κ2) is 5.44. The molecule has 2 heterocycles. The van der Waals surface area contributed by atoms with Gasteiger partial charge in [0.15, 0.2) is 0 Å². The van der Waals surface area contributed by atoms with Crippen LogP contribution in [0.15, 0.2) is 24.5 Å². The number of benzene rings is 1. The van der Waals surface area contributed by atoms with Crippen LogP contribution in [0, 0.1) is 0 Å². The number of hydrogen-bond acceptors (Lipinski definition) is 3. The smallest absolute Gasteiger partial charge is 0.241 e. The molecule has 104 valence electrons. The second-order valence-electron chi connectivity index (χ2n) is 4.56. The first kappa shape index (κ1) is 13.4. The van der Waals surface area contributed by atoms with Gasteiger partial charge in [-0.15, -0.1) is 0 Å². The van der Waals surface area contributed by atoms with Gasteiger partial charge in [0, 0.05) is 13.0 Å². The third-order valence-corrected chi connectivity index (χ3v) is 4.08. The summed E-state index contributed by atoms with van der Waals surface area (Å²) in [5.41, 5.74) is 2.45. The van der Waals surface area contributed by atoms with Crippen LogP contribution in [-0.4, -0.2) is 21.9 Å². The van der Waals surface area contributed by atoms with Crippen LogP contribution in [-0.2, 0) is 17.8 Å². The van der Waals surface area contributed by atoms with E-state index in [1.165, 1.54) is 0 Å². The Hall–Kier alpha value is -1.56. The van der Waals surface area contributed by atoms with Gasteiger partial charge in [-0.05, 0) is 12.1 Å². The van der Waals surface area contributed by atoms with Crippen molar-refractivity contribution in [3.63, 3.8) is 0 Å². The molecule has 7 heteroatoms. The molecule has 1 aromatic carbocycles. The maximum Gasteiger partial charge on any atom is 0.241 e. The number of carbonyl (C=O) groups is 1. The Morgan fingerprint density at radius 2 is 2.25 bits per heavy atom. The third kappa shape index (κ3) is 2.52. The number of aromatic nitrogens is 2. The van der Waals surface area contributed by atoms with E-state index in [1.54, 1.807) is 24.5 Å². The van der Waals surface area contributed by atoms with E-state index in [2.05, 4.69) is 20.6 Å². The highest BCUT2D eigenvalue weighted by atomic mass is 35.5. The molecule has 1 aliphatic heterocycles. The van der Waals surface area contributed by atoms with Gasteiger partial charge >= 0.3 is 0 Å². The lowest BCUT2D eigenvalue weighted by Gasteiger charge is -2.22. The van der Waals surface area contributed by atoms with E-state index in [-0.39, 0.29) is 11.9 Å². The number of imidazole rings is 1. The number of aromatic amines is 1. The monoisotopic (exact) mass is 310 g/mol. The molecule has 1 unspecified atom stereocenters. The standard InChI is InChI=1S/C13H12Cl2N4O/c14-7-2-1-3-8(12(7)15)19-13(20)10-4-9-11(5-16-10)18-6-17-9/h1-3,6,10,16H,4-5H2,(H,17,18)(H,19,20). The van der Waals surface area contributed by atoms with Crippen molar-refractivity contribution in [3.05, 3.63) is 46.0 Å². The predicted molar refractivity (Wildman–Crippen MR) is 78.0 cm³/mol. The lowest BCUT2D eigenvalue weighted by Crippen LogP contribution is -2.44. The highest BCUT2D eigenvalue weighted by Gasteiger charge is 2.26. The summed E-state index contributed by atoms with van der Waals surface area (Å²) in [4.78, 5) is 19.5. The van der Waals surface area contributed by atoms with E-state index in [0.717, 1.165) is 11.4 Å². The van der Waals surface area contributed by atoms with Crippen molar-refractivity contribution in [1.29, 1.82) is 0 Å². The zero-order valence-corrected chi connectivity index (χ0v) is 11.9. The molecule has 0 fully saturated rings. The maximum absolute atomic E-state index is 12.2. The van der Waals surface area contributed by atoms with Gasteiger partial charge in [0.25, 0.3) is 0 Å². The minimum Gasteiger partial charge on any atom is -0.347 e. The Balaban J connectivity index is 1.73. The van der Waals surface area contributed by atoms with Gasteiger partial charge in [-0.2, -0.15) is 0 Å². The molecule has 1 aromatic heterocycles. The van der Waals surface area contributed by atoms with E-state index in [0.29, 0.717) is 28.7 Å². The molecule has 0 spiro atoms. The van der Waals surface area contributed by atoms with E-state index < -0.39 is 0 Å². The van der Waals surface area contributed by atoms with E-state index in [4.69, 9.17) is 23.2 Å². The molecule has 5 nitrogen and oxygen atoms in total. The van der Waals surface area contributed by atoms with Gasteiger partial charge in [-0.25, -0.2) is 4.98 Å². The van der Waals surface area contributed by atoms with Crippen molar-refractivity contribution in [3.8, 4) is 0 Å². The molecule has 3 rings (SSSR count). The molecular formula is C13H12Cl2N4O. The van der Waals surface area contributed by atoms with Gasteiger partial charge in [-0.3, -0.25) is 10.1 Å². The first-order chi connectivity index (χ1) is 9.65. The van der Waals surface area contributed by atoms with Gasteiger partial charge in [0.05, 0.1) is 39.5 Å². The number of carbonyl (C=O) groups excluding carboxylic acids is 1. The number of anilines is 1. The molecule has 2 aromatic rings. The molecule has 0 saturated heterocycles. The molecule has 3 N–H and O–H groups in total. The summed E-state index contributed by atoms with van der Waals surface area (Å²) in [6, 6.07) is 4.80. The summed E-state index contributed by atoms with van der Waals surface area (Å²) in [5.74, 6) is -0.150. The second-order valence-corrected chi connectivity index (χ2v) is 5.34. The third-order valence-electron chi connectivity index (χ3n) is 3.26. The van der Waals surface area contributed by atoms with Crippen LogP contribution >= 0.6 is 23.2 Å². The Labute approximate surface area is 125 Å². The number of nitrogens with one attached hydrogen (secondary N) is 3. The molecular weight excluding hydrogens is 299 g/mol. The van der Waals surface area contributed by atoms with Crippen molar-refractivity contribution in [2.24, 2.45) is 0 Å². The SMILES string of the molecule is O=C(Nc1cccc(Cl)c1Cl)C1Cc2nc[nH]c2CN1. The van der Waals surface area contributed by atoms with Crippen LogP contribution in [0.3, 0.4) is 0 Å². The fraction of sp³-hybridized carbons (Fsp3) is 0.231. The average Bonchev–Trinajstić information content (AvgIpc) is 2.91. The van der Waals surface area contributed by atoms with E-state index in [1.807, 2.05) is 0 Å². The quantitative estimate of drug-likeness (QED) is 0.797. The number of H-pyrrole nitrogens is 1. The zero-order valence-electron chi connectivity index (χ0n) is 10.4. The van der Waals surface area contributed by atoms with Crippen LogP contribution < -0.4 is 10.6 Å². The summed E-state index contributed by atoms with van der Waals surface area (Å²) in [6.45, 7) is 0.594. The van der Waals surface area contributed by atoms with Crippen molar-refractivity contribution in [2.45, 2.75) is 19.0 Å². The Bertz CT molecular complexity index is 656. The lowest BCUT2D eigenvalue weighted by atomic mass is 10.0. The maximum atomic E-state index is 12.2. The van der Waals surface area contributed by atoms with Crippen LogP contribution in [0.2, 0.25) is 10.0 Å². The minimum absolute atomic E-state index is 0.150. The number of hydrogen-bond donors (Lipinski definition) is 3. The van der Waals surface area contributed by atoms with E-state index in [9.17, 15) is 4.79 Å². The summed E-state index contributed by atoms with van der Waals surface area (Å²) >= 11 is 12.0. The van der Waals surface area contributed by atoms with E-state index >= 15 is 0 Å². The molecule has 0 aliphatic carbocycles. The van der Waals surface area contributed by atoms with Crippen LogP contribution in [0.1, 0.15) is 11.4 Å². The fourth-order valence-corrected chi connectivity index (χ4v) is 2.52. The van der Waals surface area contributed by atoms with Crippen LogP contribution in [0.5, 0.6) is 0 Å². The highest BCUT2D eigenvalue weighted by Crippen LogP contribution is 2.29. The van der Waals surface area contributed by atoms with Crippen molar-refractivity contribution in [2.75, 3.05) is 5.32 Å². The average molecular weight is 311 g/mol. The first-order valence-electron chi connectivity index (χ1n) is 6.14. The number of rotatable bonds is 2. The van der Waals surface area contributed by atoms with Crippen molar-refractivity contribution >= 4 is 34.8 Å². The summed E-state index contributed by atoms with van der Waals surface area (Å²) < 4.78 is 0. The first-order valence-corrected chi connectivity index (χ1v) is 6.90. The molecule has 20 heavy (non-hydrogen) atoms. The molecule has 1 aliphatic rings. The van der Waals surface area contributed by atoms with Gasteiger partial charge in [0.2, 0.25) is 5.91 Å². The molecule has 0 radical (unpaired) electrons. The fourth-order valence-electron chi connectivity index (χ4n) is 2.17. The minimum atomic E-state index is -0.333. The number of fused-ring (bicyclic) bond motifs is 1. The predicted octanol–water partition coefficient (Wildman–Crippen LogP) is 2.37. The molecule has 0 saturated carbocycles. The van der Waals surface area contributed by atoms with Crippen LogP contribution in [0.25, 0.3) is 0 Å². The lowest BCUT2D eigenvalue weighted by molar-refractivity contribution is -0.118. The normalized spacial score (nSPS) is 17.6. The molecule has 1 atom stereocenters. The van der Waals surface area contributed by atoms with Crippen LogP contribution in [0.4, 0.5) is 5.69 Å². The Morgan fingerprint density at radius 3 is 3.10 bits per heavy atom. The molecule has 0 bridgehead atoms.